The van der Waals surface area contributed by atoms with Crippen LogP contribution in [0.5, 0.6) is 0 Å². The van der Waals surface area contributed by atoms with Crippen LogP contribution >= 0.6 is 0 Å². The normalized spacial score (nSPS) is 12.2. The SMILES string of the molecule is CCCC(C=O)N(C)C(=O)O. The molecule has 0 aromatic carbocycles. The zero-order valence-electron chi connectivity index (χ0n) is 6.78. The van der Waals surface area contributed by atoms with E-state index in [1.165, 1.54) is 7.05 Å². The monoisotopic (exact) mass is 159 g/mol. The van der Waals surface area contributed by atoms with Crippen LogP contribution in [0.2, 0.25) is 0 Å². The fourth-order valence-electron chi connectivity index (χ4n) is 0.791. The summed E-state index contributed by atoms with van der Waals surface area (Å²) in [7, 11) is 1.40. The minimum atomic E-state index is -1.06. The molecule has 11 heavy (non-hydrogen) atoms. The van der Waals surface area contributed by atoms with Crippen molar-refractivity contribution < 1.29 is 14.7 Å². The van der Waals surface area contributed by atoms with Gasteiger partial charge in [-0.15, -0.1) is 0 Å². The molecule has 1 unspecified atom stereocenters. The van der Waals surface area contributed by atoms with Gasteiger partial charge in [-0.05, 0) is 6.42 Å². The number of carbonyl (C=O) groups excluding carboxylic acids is 1. The quantitative estimate of drug-likeness (QED) is 0.621. The van der Waals surface area contributed by atoms with Crippen LogP contribution in [-0.2, 0) is 4.79 Å². The zero-order chi connectivity index (χ0) is 8.85. The topological polar surface area (TPSA) is 57.6 Å². The van der Waals surface area contributed by atoms with Crippen LogP contribution in [0.1, 0.15) is 19.8 Å². The molecule has 0 heterocycles. The fourth-order valence-corrected chi connectivity index (χ4v) is 0.791. The van der Waals surface area contributed by atoms with Gasteiger partial charge in [0.15, 0.2) is 0 Å². The summed E-state index contributed by atoms with van der Waals surface area (Å²) < 4.78 is 0. The Balaban J connectivity index is 4.01. The van der Waals surface area contributed by atoms with Crippen LogP contribution in [0.4, 0.5) is 4.79 Å². The molecule has 4 nitrogen and oxygen atoms in total. The van der Waals surface area contributed by atoms with Crippen molar-refractivity contribution in [2.45, 2.75) is 25.8 Å². The van der Waals surface area contributed by atoms with Gasteiger partial charge < -0.3 is 14.8 Å². The average Bonchev–Trinajstić information content (AvgIpc) is 1.98. The van der Waals surface area contributed by atoms with E-state index >= 15 is 0 Å². The zero-order valence-corrected chi connectivity index (χ0v) is 6.78. The largest absolute Gasteiger partial charge is 0.465 e. The third-order valence-electron chi connectivity index (χ3n) is 1.54. The van der Waals surface area contributed by atoms with Gasteiger partial charge >= 0.3 is 6.09 Å². The third-order valence-corrected chi connectivity index (χ3v) is 1.54. The summed E-state index contributed by atoms with van der Waals surface area (Å²) in [5.41, 5.74) is 0. The van der Waals surface area contributed by atoms with E-state index in [2.05, 4.69) is 0 Å². The van der Waals surface area contributed by atoms with Crippen molar-refractivity contribution >= 4 is 12.4 Å². The number of hydrogen-bond acceptors (Lipinski definition) is 2. The maximum atomic E-state index is 10.3. The molecular weight excluding hydrogens is 146 g/mol. The number of rotatable bonds is 4. The maximum Gasteiger partial charge on any atom is 0.407 e. The van der Waals surface area contributed by atoms with Crippen molar-refractivity contribution in [1.29, 1.82) is 0 Å². The van der Waals surface area contributed by atoms with E-state index in [0.29, 0.717) is 12.7 Å². The summed E-state index contributed by atoms with van der Waals surface area (Å²) in [4.78, 5) is 21.7. The Labute approximate surface area is 65.8 Å². The number of carbonyl (C=O) groups is 2. The van der Waals surface area contributed by atoms with Crippen molar-refractivity contribution in [2.75, 3.05) is 7.05 Å². The van der Waals surface area contributed by atoms with Crippen LogP contribution in [0, 0.1) is 0 Å². The number of carboxylic acid groups (broad SMARTS) is 1. The first kappa shape index (κ1) is 9.94. The summed E-state index contributed by atoms with van der Waals surface area (Å²) in [6, 6.07) is -0.488. The Morgan fingerprint density at radius 1 is 1.73 bits per heavy atom. The molecule has 0 bridgehead atoms. The van der Waals surface area contributed by atoms with Crippen LogP contribution in [0.15, 0.2) is 0 Å². The van der Waals surface area contributed by atoms with E-state index < -0.39 is 12.1 Å². The van der Waals surface area contributed by atoms with E-state index in [9.17, 15) is 9.59 Å². The highest BCUT2D eigenvalue weighted by atomic mass is 16.4. The molecule has 0 aliphatic rings. The lowest BCUT2D eigenvalue weighted by Crippen LogP contribution is -2.36. The maximum absolute atomic E-state index is 10.3. The second-order valence-corrected chi connectivity index (χ2v) is 2.39. The third kappa shape index (κ3) is 3.02. The number of hydrogen-bond donors (Lipinski definition) is 1. The van der Waals surface area contributed by atoms with E-state index in [1.807, 2.05) is 6.92 Å². The molecule has 0 radical (unpaired) electrons. The predicted octanol–water partition coefficient (Wildman–Crippen LogP) is 0.964. The second-order valence-electron chi connectivity index (χ2n) is 2.39. The van der Waals surface area contributed by atoms with E-state index in [1.54, 1.807) is 0 Å². The van der Waals surface area contributed by atoms with Gasteiger partial charge in [0.1, 0.15) is 6.29 Å². The second kappa shape index (κ2) is 4.71. The predicted molar refractivity (Wildman–Crippen MR) is 40.5 cm³/mol. The van der Waals surface area contributed by atoms with Crippen LogP contribution < -0.4 is 0 Å². The highest BCUT2D eigenvalue weighted by Gasteiger charge is 2.16. The lowest BCUT2D eigenvalue weighted by Gasteiger charge is -2.19. The average molecular weight is 159 g/mol. The number of likely N-dealkylation sites (N-methyl/N-ethyl adjacent to an activating group) is 1. The van der Waals surface area contributed by atoms with Crippen molar-refractivity contribution in [3.8, 4) is 0 Å². The van der Waals surface area contributed by atoms with Gasteiger partial charge in [0.05, 0.1) is 6.04 Å². The Morgan fingerprint density at radius 3 is 2.55 bits per heavy atom. The highest BCUT2D eigenvalue weighted by Crippen LogP contribution is 2.01. The molecule has 0 fully saturated rings. The summed E-state index contributed by atoms with van der Waals surface area (Å²) in [5.74, 6) is 0. The molecule has 0 saturated carbocycles. The standard InChI is InChI=1S/C7H13NO3/c1-3-4-6(5-9)8(2)7(10)11/h5-6H,3-4H2,1-2H3,(H,10,11). The minimum Gasteiger partial charge on any atom is -0.465 e. The first-order chi connectivity index (χ1) is 5.13. The molecule has 0 aliphatic heterocycles. The number of amides is 1. The molecular formula is C7H13NO3. The molecule has 1 amide bonds. The van der Waals surface area contributed by atoms with Crippen LogP contribution in [0.3, 0.4) is 0 Å². The van der Waals surface area contributed by atoms with Crippen molar-refractivity contribution in [2.24, 2.45) is 0 Å². The lowest BCUT2D eigenvalue weighted by atomic mass is 10.2. The molecule has 64 valence electrons. The van der Waals surface area contributed by atoms with Gasteiger partial charge in [-0.2, -0.15) is 0 Å². The fraction of sp³-hybridized carbons (Fsp3) is 0.714. The summed E-state index contributed by atoms with van der Waals surface area (Å²) in [5, 5.41) is 8.48. The Bertz CT molecular complexity index is 147. The molecule has 1 atom stereocenters. The minimum absolute atomic E-state index is 0.488. The van der Waals surface area contributed by atoms with Crippen molar-refractivity contribution in [3.05, 3.63) is 0 Å². The smallest absolute Gasteiger partial charge is 0.407 e. The molecule has 0 aliphatic carbocycles. The lowest BCUT2D eigenvalue weighted by molar-refractivity contribution is -0.111. The molecule has 1 N–H and O–H groups in total. The number of aldehydes is 1. The molecule has 4 heteroatoms. The van der Waals surface area contributed by atoms with E-state index in [4.69, 9.17) is 5.11 Å². The van der Waals surface area contributed by atoms with E-state index in [-0.39, 0.29) is 0 Å². The van der Waals surface area contributed by atoms with Gasteiger partial charge in [-0.3, -0.25) is 0 Å². The first-order valence-electron chi connectivity index (χ1n) is 3.54. The molecule has 0 spiro atoms. The highest BCUT2D eigenvalue weighted by molar-refractivity contribution is 5.71. The number of nitrogens with zero attached hydrogens (tertiary/aromatic N) is 1. The van der Waals surface area contributed by atoms with Crippen LogP contribution in [-0.4, -0.2) is 35.5 Å². The van der Waals surface area contributed by atoms with Crippen molar-refractivity contribution in [1.82, 2.24) is 4.90 Å². The van der Waals surface area contributed by atoms with E-state index in [0.717, 1.165) is 11.3 Å². The van der Waals surface area contributed by atoms with Crippen molar-refractivity contribution in [3.63, 3.8) is 0 Å². The van der Waals surface area contributed by atoms with Gasteiger partial charge in [0, 0.05) is 7.05 Å². The first-order valence-corrected chi connectivity index (χ1v) is 3.54. The summed E-state index contributed by atoms with van der Waals surface area (Å²) >= 11 is 0. The van der Waals surface area contributed by atoms with Gasteiger partial charge in [0.2, 0.25) is 0 Å². The Kier molecular flexibility index (Phi) is 4.26. The molecule has 0 rings (SSSR count). The molecule has 0 aromatic rings. The van der Waals surface area contributed by atoms with Gasteiger partial charge in [-0.1, -0.05) is 13.3 Å². The molecule has 0 aromatic heterocycles. The Morgan fingerprint density at radius 2 is 2.27 bits per heavy atom. The van der Waals surface area contributed by atoms with Gasteiger partial charge in [-0.25, -0.2) is 4.79 Å². The summed E-state index contributed by atoms with van der Waals surface area (Å²) in [6.07, 6.45) is 1.00. The van der Waals surface area contributed by atoms with Gasteiger partial charge in [0.25, 0.3) is 0 Å². The van der Waals surface area contributed by atoms with Crippen LogP contribution in [0.25, 0.3) is 0 Å². The summed E-state index contributed by atoms with van der Waals surface area (Å²) in [6.45, 7) is 1.91. The molecule has 0 saturated heterocycles. The Hall–Kier alpha value is -1.06.